The summed E-state index contributed by atoms with van der Waals surface area (Å²) in [6, 6.07) is 7.51. The Labute approximate surface area is 134 Å². The highest BCUT2D eigenvalue weighted by Gasteiger charge is 2.34. The molecule has 6 heteroatoms. The third-order valence-corrected chi connectivity index (χ3v) is 4.34. The quantitative estimate of drug-likeness (QED) is 0.902. The molecule has 1 fully saturated rings. The van der Waals surface area contributed by atoms with E-state index in [1.54, 1.807) is 4.68 Å². The van der Waals surface area contributed by atoms with Crippen molar-refractivity contribution in [3.63, 3.8) is 0 Å². The molecule has 2 aromatic rings. The first kappa shape index (κ1) is 15.1. The van der Waals surface area contributed by atoms with Crippen LogP contribution in [0.15, 0.2) is 36.7 Å². The first-order valence-corrected chi connectivity index (χ1v) is 7.72. The number of carbonyl (C=O) groups is 1. The van der Waals surface area contributed by atoms with Crippen LogP contribution in [-0.2, 0) is 18.4 Å². The van der Waals surface area contributed by atoms with E-state index in [2.05, 4.69) is 15.7 Å². The molecule has 2 atom stereocenters. The number of nitrogens with zero attached hydrogens (tertiary/aromatic N) is 2. The zero-order valence-corrected chi connectivity index (χ0v) is 13.2. The van der Waals surface area contributed by atoms with E-state index in [0.29, 0.717) is 18.1 Å². The van der Waals surface area contributed by atoms with Crippen molar-refractivity contribution in [2.24, 2.45) is 13.0 Å². The van der Waals surface area contributed by atoms with Crippen LogP contribution in [0.4, 0.5) is 0 Å². The molecule has 5 nitrogen and oxygen atoms in total. The molecule has 0 radical (unpaired) electrons. The smallest absolute Gasteiger partial charge is 0.225 e. The molecule has 1 aliphatic heterocycles. The summed E-state index contributed by atoms with van der Waals surface area (Å²) >= 11 is 5.86. The molecular formula is C16H19ClN4O. The van der Waals surface area contributed by atoms with Crippen molar-refractivity contribution in [1.82, 2.24) is 20.4 Å². The van der Waals surface area contributed by atoms with Gasteiger partial charge in [0.1, 0.15) is 0 Å². The normalized spacial score (nSPS) is 21.0. The Morgan fingerprint density at radius 2 is 2.18 bits per heavy atom. The molecule has 0 unspecified atom stereocenters. The molecule has 0 bridgehead atoms. The lowest BCUT2D eigenvalue weighted by Gasteiger charge is -2.17. The fourth-order valence-corrected chi connectivity index (χ4v) is 2.98. The van der Waals surface area contributed by atoms with E-state index in [1.807, 2.05) is 43.7 Å². The van der Waals surface area contributed by atoms with Crippen LogP contribution in [0.5, 0.6) is 0 Å². The Morgan fingerprint density at radius 3 is 2.86 bits per heavy atom. The van der Waals surface area contributed by atoms with Crippen molar-refractivity contribution in [3.05, 3.63) is 52.8 Å². The van der Waals surface area contributed by atoms with Crippen LogP contribution in [-0.4, -0.2) is 28.8 Å². The molecule has 3 rings (SSSR count). The van der Waals surface area contributed by atoms with Gasteiger partial charge in [-0.2, -0.15) is 5.10 Å². The van der Waals surface area contributed by atoms with Crippen molar-refractivity contribution in [1.29, 1.82) is 0 Å². The summed E-state index contributed by atoms with van der Waals surface area (Å²) in [5.41, 5.74) is 2.15. The molecule has 1 saturated heterocycles. The molecule has 1 amide bonds. The second-order valence-electron chi connectivity index (χ2n) is 5.66. The molecule has 2 heterocycles. The Hall–Kier alpha value is -1.85. The van der Waals surface area contributed by atoms with E-state index < -0.39 is 0 Å². The highest BCUT2D eigenvalue weighted by atomic mass is 35.5. The third kappa shape index (κ3) is 3.31. The van der Waals surface area contributed by atoms with E-state index in [1.165, 1.54) is 0 Å². The summed E-state index contributed by atoms with van der Waals surface area (Å²) in [7, 11) is 1.89. The maximum Gasteiger partial charge on any atom is 0.225 e. The van der Waals surface area contributed by atoms with Crippen LogP contribution in [0.25, 0.3) is 0 Å². The average molecular weight is 319 g/mol. The molecule has 1 aromatic carbocycles. The molecule has 0 saturated carbocycles. The highest BCUT2D eigenvalue weighted by molar-refractivity contribution is 6.30. The fraction of sp³-hybridized carbons (Fsp3) is 0.375. The summed E-state index contributed by atoms with van der Waals surface area (Å²) in [6.07, 6.45) is 3.83. The van der Waals surface area contributed by atoms with Gasteiger partial charge in [-0.25, -0.2) is 0 Å². The minimum atomic E-state index is -0.0588. The molecule has 22 heavy (non-hydrogen) atoms. The van der Waals surface area contributed by atoms with E-state index >= 15 is 0 Å². The first-order valence-electron chi connectivity index (χ1n) is 7.35. The Kier molecular flexibility index (Phi) is 4.45. The number of aromatic nitrogens is 2. The second-order valence-corrected chi connectivity index (χ2v) is 6.10. The lowest BCUT2D eigenvalue weighted by molar-refractivity contribution is -0.125. The molecule has 0 aliphatic carbocycles. The molecule has 1 aliphatic rings. The Bertz CT molecular complexity index is 652. The predicted molar refractivity (Wildman–Crippen MR) is 85.6 cm³/mol. The SMILES string of the molecule is Cn1cc([C@H]2CNC[C@@H]2C(=O)NCc2ccc(Cl)cc2)cn1. The van der Waals surface area contributed by atoms with Crippen molar-refractivity contribution >= 4 is 17.5 Å². The fourth-order valence-electron chi connectivity index (χ4n) is 2.86. The van der Waals surface area contributed by atoms with Gasteiger partial charge in [0.2, 0.25) is 5.91 Å². The van der Waals surface area contributed by atoms with Crippen LogP contribution >= 0.6 is 11.6 Å². The number of amides is 1. The van der Waals surface area contributed by atoms with Crippen molar-refractivity contribution in [3.8, 4) is 0 Å². The van der Waals surface area contributed by atoms with Gasteiger partial charge in [0.25, 0.3) is 0 Å². The number of nitrogens with one attached hydrogen (secondary N) is 2. The molecule has 1 aromatic heterocycles. The van der Waals surface area contributed by atoms with Gasteiger partial charge in [-0.05, 0) is 23.3 Å². The Morgan fingerprint density at radius 1 is 1.41 bits per heavy atom. The van der Waals surface area contributed by atoms with Crippen LogP contribution in [0, 0.1) is 5.92 Å². The van der Waals surface area contributed by atoms with Crippen LogP contribution in [0.1, 0.15) is 17.0 Å². The van der Waals surface area contributed by atoms with Crippen molar-refractivity contribution < 1.29 is 4.79 Å². The van der Waals surface area contributed by atoms with Crippen LogP contribution in [0.2, 0.25) is 5.02 Å². The number of carbonyl (C=O) groups excluding carboxylic acids is 1. The summed E-state index contributed by atoms with van der Waals surface area (Å²) < 4.78 is 1.77. The molecule has 0 spiro atoms. The third-order valence-electron chi connectivity index (χ3n) is 4.08. The van der Waals surface area contributed by atoms with E-state index in [9.17, 15) is 4.79 Å². The maximum absolute atomic E-state index is 12.5. The van der Waals surface area contributed by atoms with E-state index in [4.69, 9.17) is 11.6 Å². The molecular weight excluding hydrogens is 300 g/mol. The number of hydrogen-bond donors (Lipinski definition) is 2. The lowest BCUT2D eigenvalue weighted by atomic mass is 9.90. The van der Waals surface area contributed by atoms with Crippen molar-refractivity contribution in [2.45, 2.75) is 12.5 Å². The van der Waals surface area contributed by atoms with E-state index in [-0.39, 0.29) is 17.7 Å². The minimum Gasteiger partial charge on any atom is -0.352 e. The minimum absolute atomic E-state index is 0.0588. The van der Waals surface area contributed by atoms with Gasteiger partial charge in [0.15, 0.2) is 0 Å². The number of hydrogen-bond acceptors (Lipinski definition) is 3. The maximum atomic E-state index is 12.5. The topological polar surface area (TPSA) is 59.0 Å². The van der Waals surface area contributed by atoms with Crippen LogP contribution < -0.4 is 10.6 Å². The van der Waals surface area contributed by atoms with Gasteiger partial charge in [0.05, 0.1) is 12.1 Å². The van der Waals surface area contributed by atoms with Gasteiger partial charge >= 0.3 is 0 Å². The van der Waals surface area contributed by atoms with E-state index in [0.717, 1.165) is 17.7 Å². The zero-order valence-electron chi connectivity index (χ0n) is 12.4. The predicted octanol–water partition coefficient (Wildman–Crippen LogP) is 1.69. The Balaban J connectivity index is 1.62. The van der Waals surface area contributed by atoms with Gasteiger partial charge in [-0.1, -0.05) is 23.7 Å². The summed E-state index contributed by atoms with van der Waals surface area (Å²) in [4.78, 5) is 12.5. The number of halogens is 1. The van der Waals surface area contributed by atoms with Crippen LogP contribution in [0.3, 0.4) is 0 Å². The molecule has 2 N–H and O–H groups in total. The lowest BCUT2D eigenvalue weighted by Crippen LogP contribution is -2.33. The number of aryl methyl sites for hydroxylation is 1. The van der Waals surface area contributed by atoms with Gasteiger partial charge < -0.3 is 10.6 Å². The summed E-state index contributed by atoms with van der Waals surface area (Å²) in [5.74, 6) is 0.198. The average Bonchev–Trinajstić information content (AvgIpc) is 3.14. The zero-order chi connectivity index (χ0) is 15.5. The summed E-state index contributed by atoms with van der Waals surface area (Å²) in [5, 5.41) is 11.2. The van der Waals surface area contributed by atoms with Gasteiger partial charge in [0, 0.05) is 43.8 Å². The van der Waals surface area contributed by atoms with Crippen molar-refractivity contribution in [2.75, 3.05) is 13.1 Å². The highest BCUT2D eigenvalue weighted by Crippen LogP contribution is 2.27. The largest absolute Gasteiger partial charge is 0.352 e. The summed E-state index contributed by atoms with van der Waals surface area (Å²) in [6.45, 7) is 2.03. The number of rotatable bonds is 4. The van der Waals surface area contributed by atoms with Gasteiger partial charge in [-0.3, -0.25) is 9.48 Å². The molecule has 116 valence electrons. The first-order chi connectivity index (χ1) is 10.6. The van der Waals surface area contributed by atoms with Gasteiger partial charge in [-0.15, -0.1) is 0 Å². The number of benzene rings is 1. The standard InChI is InChI=1S/C16H19ClN4O/c1-21-10-12(7-20-21)14-8-18-9-15(14)16(22)19-6-11-2-4-13(17)5-3-11/h2-5,7,10,14-15,18H,6,8-9H2,1H3,(H,19,22)/t14-,15+/m1/s1. The monoisotopic (exact) mass is 318 g/mol. The second kappa shape index (κ2) is 6.50.